The maximum Gasteiger partial charge on any atom is 0.131 e. The molecule has 3 aromatic carbocycles. The van der Waals surface area contributed by atoms with Crippen molar-refractivity contribution in [3.8, 4) is 0 Å². The first-order chi connectivity index (χ1) is 12.4. The van der Waals surface area contributed by atoms with E-state index >= 15 is 0 Å². The largest absolute Gasteiger partial charge is 0.355 e. The van der Waals surface area contributed by atoms with Gasteiger partial charge in [-0.2, -0.15) is 0 Å². The van der Waals surface area contributed by atoms with Crippen LogP contribution in [0.4, 0.5) is 0 Å². The van der Waals surface area contributed by atoms with Crippen molar-refractivity contribution >= 4 is 16.6 Å². The Bertz CT molecular complexity index is 905. The van der Waals surface area contributed by atoms with Crippen LogP contribution in [0.5, 0.6) is 0 Å². The van der Waals surface area contributed by atoms with Gasteiger partial charge in [-0.15, -0.1) is 0 Å². The molecular formula is C23H24N2. The van der Waals surface area contributed by atoms with E-state index in [1.54, 1.807) is 0 Å². The Balaban J connectivity index is 1.62. The molecule has 0 fully saturated rings. The number of rotatable bonds is 5. The Morgan fingerprint density at radius 2 is 1.56 bits per heavy atom. The fraction of sp³-hybridized carbons (Fsp3) is 0.261. The fourth-order valence-electron chi connectivity index (χ4n) is 3.78. The maximum atomic E-state index is 4.77. The highest BCUT2D eigenvalue weighted by Crippen LogP contribution is 2.22. The minimum absolute atomic E-state index is 0.917. The minimum atomic E-state index is 0.917. The van der Waals surface area contributed by atoms with Gasteiger partial charge in [0.1, 0.15) is 5.84 Å². The Morgan fingerprint density at radius 3 is 2.48 bits per heavy atom. The number of hydrogen-bond acceptors (Lipinski definition) is 2. The van der Waals surface area contributed by atoms with Crippen LogP contribution >= 0.6 is 0 Å². The summed E-state index contributed by atoms with van der Waals surface area (Å²) in [7, 11) is 0. The molecule has 4 rings (SSSR count). The van der Waals surface area contributed by atoms with E-state index in [9.17, 15) is 0 Å². The van der Waals surface area contributed by atoms with E-state index < -0.39 is 0 Å². The van der Waals surface area contributed by atoms with Gasteiger partial charge in [0, 0.05) is 18.7 Å². The molecule has 0 atom stereocenters. The Morgan fingerprint density at radius 1 is 0.840 bits per heavy atom. The molecule has 1 aliphatic heterocycles. The molecule has 0 aliphatic carbocycles. The smallest absolute Gasteiger partial charge is 0.131 e. The van der Waals surface area contributed by atoms with Crippen molar-refractivity contribution in [1.29, 1.82) is 0 Å². The van der Waals surface area contributed by atoms with Crippen molar-refractivity contribution in [2.75, 3.05) is 19.6 Å². The molecule has 25 heavy (non-hydrogen) atoms. The van der Waals surface area contributed by atoms with Gasteiger partial charge in [0.15, 0.2) is 0 Å². The number of nitrogens with zero attached hydrogens (tertiary/aromatic N) is 2. The lowest BCUT2D eigenvalue weighted by molar-refractivity contribution is 0.483. The molecule has 126 valence electrons. The average molecular weight is 328 g/mol. The third-order valence-electron chi connectivity index (χ3n) is 5.11. The van der Waals surface area contributed by atoms with E-state index in [4.69, 9.17) is 4.99 Å². The molecule has 0 bridgehead atoms. The van der Waals surface area contributed by atoms with Crippen LogP contribution in [0.25, 0.3) is 10.8 Å². The molecule has 0 N–H and O–H groups in total. The van der Waals surface area contributed by atoms with E-state index in [2.05, 4.69) is 78.6 Å². The molecule has 0 amide bonds. The summed E-state index contributed by atoms with van der Waals surface area (Å²) in [4.78, 5) is 7.15. The summed E-state index contributed by atoms with van der Waals surface area (Å²) < 4.78 is 0. The highest BCUT2D eigenvalue weighted by Gasteiger charge is 2.19. The SMILES string of the molecule is CCN1CCN=C1c1ccccc1CCc1cccc2ccccc12. The zero-order valence-electron chi connectivity index (χ0n) is 14.8. The predicted molar refractivity (Wildman–Crippen MR) is 106 cm³/mol. The van der Waals surface area contributed by atoms with E-state index in [0.717, 1.165) is 32.5 Å². The van der Waals surface area contributed by atoms with Crippen LogP contribution in [0.3, 0.4) is 0 Å². The lowest BCUT2D eigenvalue weighted by atomic mass is 9.96. The van der Waals surface area contributed by atoms with Gasteiger partial charge in [-0.1, -0.05) is 66.7 Å². The molecule has 0 radical (unpaired) electrons. The molecule has 0 unspecified atom stereocenters. The summed E-state index contributed by atoms with van der Waals surface area (Å²) in [6, 6.07) is 24.1. The standard InChI is InChI=1S/C23H24N2/c1-2-25-17-16-24-23(25)22-13-6-4-9-20(22)15-14-19-11-7-10-18-8-3-5-12-21(18)19/h3-13H,2,14-17H2,1H3. The van der Waals surface area contributed by atoms with E-state index in [0.29, 0.717) is 0 Å². The molecular weight excluding hydrogens is 304 g/mol. The van der Waals surface area contributed by atoms with Crippen LogP contribution in [0.1, 0.15) is 23.6 Å². The first-order valence-electron chi connectivity index (χ1n) is 9.21. The van der Waals surface area contributed by atoms with Gasteiger partial charge in [-0.25, -0.2) is 0 Å². The quantitative estimate of drug-likeness (QED) is 0.662. The van der Waals surface area contributed by atoms with Crippen molar-refractivity contribution in [3.63, 3.8) is 0 Å². The van der Waals surface area contributed by atoms with E-state index in [1.165, 1.54) is 33.3 Å². The molecule has 0 spiro atoms. The fourth-order valence-corrected chi connectivity index (χ4v) is 3.78. The summed E-state index contributed by atoms with van der Waals surface area (Å²) in [6.45, 7) is 5.19. The number of amidine groups is 1. The van der Waals surface area contributed by atoms with Gasteiger partial charge in [0.2, 0.25) is 0 Å². The molecule has 2 heteroatoms. The molecule has 2 nitrogen and oxygen atoms in total. The molecule has 3 aromatic rings. The minimum Gasteiger partial charge on any atom is -0.355 e. The van der Waals surface area contributed by atoms with E-state index in [-0.39, 0.29) is 0 Å². The zero-order chi connectivity index (χ0) is 17.1. The Hall–Kier alpha value is -2.61. The molecule has 0 aromatic heterocycles. The molecule has 0 saturated heterocycles. The van der Waals surface area contributed by atoms with Crippen molar-refractivity contribution in [1.82, 2.24) is 4.90 Å². The number of fused-ring (bicyclic) bond motifs is 1. The second kappa shape index (κ2) is 7.10. The van der Waals surface area contributed by atoms with Crippen LogP contribution < -0.4 is 0 Å². The van der Waals surface area contributed by atoms with Crippen LogP contribution in [0.15, 0.2) is 71.7 Å². The number of likely N-dealkylation sites (N-methyl/N-ethyl adjacent to an activating group) is 1. The summed E-state index contributed by atoms with van der Waals surface area (Å²) >= 11 is 0. The first kappa shape index (κ1) is 15.9. The van der Waals surface area contributed by atoms with Crippen molar-refractivity contribution < 1.29 is 0 Å². The summed E-state index contributed by atoms with van der Waals surface area (Å²) in [6.07, 6.45) is 2.10. The number of aliphatic imine (C=N–C) groups is 1. The maximum absolute atomic E-state index is 4.77. The summed E-state index contributed by atoms with van der Waals surface area (Å²) in [5, 5.41) is 2.70. The summed E-state index contributed by atoms with van der Waals surface area (Å²) in [5.74, 6) is 1.18. The highest BCUT2D eigenvalue weighted by molar-refractivity contribution is 6.01. The molecule has 1 aliphatic rings. The first-order valence-corrected chi connectivity index (χ1v) is 9.21. The average Bonchev–Trinajstić information content (AvgIpc) is 3.15. The van der Waals surface area contributed by atoms with Crippen molar-refractivity contribution in [2.45, 2.75) is 19.8 Å². The van der Waals surface area contributed by atoms with Gasteiger partial charge in [0.25, 0.3) is 0 Å². The van der Waals surface area contributed by atoms with Gasteiger partial charge in [0.05, 0.1) is 6.54 Å². The van der Waals surface area contributed by atoms with Gasteiger partial charge in [-0.05, 0) is 41.7 Å². The van der Waals surface area contributed by atoms with Gasteiger partial charge in [-0.3, -0.25) is 4.99 Å². The van der Waals surface area contributed by atoms with Gasteiger partial charge < -0.3 is 4.90 Å². The summed E-state index contributed by atoms with van der Waals surface area (Å²) in [5.41, 5.74) is 4.13. The Labute approximate surface area is 149 Å². The number of aryl methyl sites for hydroxylation is 2. The monoisotopic (exact) mass is 328 g/mol. The second-order valence-corrected chi connectivity index (χ2v) is 6.58. The second-order valence-electron chi connectivity index (χ2n) is 6.58. The normalized spacial score (nSPS) is 14.1. The predicted octanol–water partition coefficient (Wildman–Crippen LogP) is 4.71. The third-order valence-corrected chi connectivity index (χ3v) is 5.11. The Kier molecular flexibility index (Phi) is 4.51. The van der Waals surface area contributed by atoms with Crippen molar-refractivity contribution in [2.24, 2.45) is 4.99 Å². The van der Waals surface area contributed by atoms with Gasteiger partial charge >= 0.3 is 0 Å². The lowest BCUT2D eigenvalue weighted by Crippen LogP contribution is -2.28. The van der Waals surface area contributed by atoms with Crippen LogP contribution in [-0.4, -0.2) is 30.4 Å². The van der Waals surface area contributed by atoms with Crippen molar-refractivity contribution in [3.05, 3.63) is 83.4 Å². The van der Waals surface area contributed by atoms with E-state index in [1.807, 2.05) is 0 Å². The topological polar surface area (TPSA) is 15.6 Å². The molecule has 1 heterocycles. The molecule has 0 saturated carbocycles. The number of hydrogen-bond donors (Lipinski definition) is 0. The zero-order valence-corrected chi connectivity index (χ0v) is 14.8. The van der Waals surface area contributed by atoms with Crippen LogP contribution in [0, 0.1) is 0 Å². The lowest BCUT2D eigenvalue weighted by Gasteiger charge is -2.20. The van der Waals surface area contributed by atoms with Crippen LogP contribution in [0.2, 0.25) is 0 Å². The highest BCUT2D eigenvalue weighted by atomic mass is 15.2. The third kappa shape index (κ3) is 3.17. The number of benzene rings is 3. The van der Waals surface area contributed by atoms with Crippen LogP contribution in [-0.2, 0) is 12.8 Å².